The standard InChI is InChI=1S/C11H15FO2/c1-7(2)11-8(6-13)10(14-3)5-4-9(11)12/h4-5,7,13H,6H2,1-3H3. The molecule has 1 N–H and O–H groups in total. The van der Waals surface area contributed by atoms with Crippen molar-refractivity contribution in [3.63, 3.8) is 0 Å². The Morgan fingerprint density at radius 1 is 1.43 bits per heavy atom. The van der Waals surface area contributed by atoms with Crippen LogP contribution in [0.1, 0.15) is 30.9 Å². The number of rotatable bonds is 3. The maximum Gasteiger partial charge on any atom is 0.127 e. The van der Waals surface area contributed by atoms with Gasteiger partial charge in [-0.25, -0.2) is 4.39 Å². The minimum atomic E-state index is -0.287. The molecule has 14 heavy (non-hydrogen) atoms. The summed E-state index contributed by atoms with van der Waals surface area (Å²) in [6.07, 6.45) is 0. The molecule has 1 aromatic carbocycles. The molecule has 0 aliphatic rings. The predicted octanol–water partition coefficient (Wildman–Crippen LogP) is 2.45. The minimum absolute atomic E-state index is 0.0345. The molecule has 0 radical (unpaired) electrons. The van der Waals surface area contributed by atoms with E-state index >= 15 is 0 Å². The number of methoxy groups -OCH3 is 1. The molecule has 0 aliphatic heterocycles. The van der Waals surface area contributed by atoms with Gasteiger partial charge in [-0.2, -0.15) is 0 Å². The van der Waals surface area contributed by atoms with Gasteiger partial charge in [0, 0.05) is 5.56 Å². The summed E-state index contributed by atoms with van der Waals surface area (Å²) < 4.78 is 18.5. The third kappa shape index (κ3) is 1.87. The molecular formula is C11H15FO2. The summed E-state index contributed by atoms with van der Waals surface area (Å²) in [7, 11) is 1.51. The Morgan fingerprint density at radius 3 is 2.50 bits per heavy atom. The van der Waals surface area contributed by atoms with Crippen LogP contribution in [0.5, 0.6) is 5.75 Å². The second-order valence-corrected chi connectivity index (χ2v) is 3.45. The average Bonchev–Trinajstić information content (AvgIpc) is 2.16. The van der Waals surface area contributed by atoms with Crippen molar-refractivity contribution in [2.45, 2.75) is 26.4 Å². The molecule has 0 aromatic heterocycles. The van der Waals surface area contributed by atoms with E-state index in [1.54, 1.807) is 0 Å². The first kappa shape index (κ1) is 11.0. The summed E-state index contributed by atoms with van der Waals surface area (Å²) in [6, 6.07) is 2.90. The van der Waals surface area contributed by atoms with Crippen LogP contribution in [0.2, 0.25) is 0 Å². The molecule has 0 heterocycles. The van der Waals surface area contributed by atoms with E-state index in [1.807, 2.05) is 13.8 Å². The van der Waals surface area contributed by atoms with Gasteiger partial charge in [0.15, 0.2) is 0 Å². The summed E-state index contributed by atoms with van der Waals surface area (Å²) in [5.74, 6) is 0.287. The first-order valence-electron chi connectivity index (χ1n) is 4.58. The third-order valence-corrected chi connectivity index (χ3v) is 2.22. The van der Waals surface area contributed by atoms with Crippen molar-refractivity contribution in [3.8, 4) is 5.75 Å². The van der Waals surface area contributed by atoms with Crippen LogP contribution in [0.3, 0.4) is 0 Å². The van der Waals surface area contributed by atoms with Crippen LogP contribution in [0.15, 0.2) is 12.1 Å². The summed E-state index contributed by atoms with van der Waals surface area (Å²) in [5, 5.41) is 9.16. The Bertz CT molecular complexity index is 321. The molecule has 0 atom stereocenters. The van der Waals surface area contributed by atoms with Crippen molar-refractivity contribution in [1.29, 1.82) is 0 Å². The molecule has 1 rings (SSSR count). The van der Waals surface area contributed by atoms with E-state index in [4.69, 9.17) is 9.84 Å². The van der Waals surface area contributed by atoms with Crippen LogP contribution in [-0.2, 0) is 6.61 Å². The van der Waals surface area contributed by atoms with Crippen LogP contribution in [0, 0.1) is 5.82 Å². The van der Waals surface area contributed by atoms with Crippen molar-refractivity contribution in [3.05, 3.63) is 29.1 Å². The van der Waals surface area contributed by atoms with Crippen LogP contribution >= 0.6 is 0 Å². The second kappa shape index (κ2) is 4.42. The Balaban J connectivity index is 3.35. The van der Waals surface area contributed by atoms with Crippen molar-refractivity contribution < 1.29 is 14.2 Å². The van der Waals surface area contributed by atoms with E-state index in [0.29, 0.717) is 16.9 Å². The summed E-state index contributed by atoms with van der Waals surface area (Å²) in [6.45, 7) is 3.57. The smallest absolute Gasteiger partial charge is 0.127 e. The fourth-order valence-corrected chi connectivity index (χ4v) is 1.59. The van der Waals surface area contributed by atoms with E-state index in [-0.39, 0.29) is 18.3 Å². The van der Waals surface area contributed by atoms with Crippen molar-refractivity contribution in [2.75, 3.05) is 7.11 Å². The van der Waals surface area contributed by atoms with Crippen LogP contribution in [0.25, 0.3) is 0 Å². The quantitative estimate of drug-likeness (QED) is 0.808. The Kier molecular flexibility index (Phi) is 3.47. The molecule has 0 unspecified atom stereocenters. The normalized spacial score (nSPS) is 10.7. The van der Waals surface area contributed by atoms with E-state index < -0.39 is 0 Å². The molecule has 0 fully saturated rings. The lowest BCUT2D eigenvalue weighted by Gasteiger charge is -2.15. The summed E-state index contributed by atoms with van der Waals surface area (Å²) in [4.78, 5) is 0. The van der Waals surface area contributed by atoms with Gasteiger partial charge in [-0.3, -0.25) is 0 Å². The van der Waals surface area contributed by atoms with Crippen molar-refractivity contribution >= 4 is 0 Å². The number of benzene rings is 1. The van der Waals surface area contributed by atoms with E-state index in [1.165, 1.54) is 19.2 Å². The average molecular weight is 198 g/mol. The van der Waals surface area contributed by atoms with Gasteiger partial charge in [0.05, 0.1) is 13.7 Å². The lowest BCUT2D eigenvalue weighted by atomic mass is 9.96. The Hall–Kier alpha value is -1.09. The first-order chi connectivity index (χ1) is 6.61. The van der Waals surface area contributed by atoms with Gasteiger partial charge in [0.25, 0.3) is 0 Å². The van der Waals surface area contributed by atoms with Crippen LogP contribution < -0.4 is 4.74 Å². The molecule has 0 bridgehead atoms. The van der Waals surface area contributed by atoms with E-state index in [9.17, 15) is 4.39 Å². The van der Waals surface area contributed by atoms with Crippen LogP contribution in [0.4, 0.5) is 4.39 Å². The predicted molar refractivity (Wildman–Crippen MR) is 53.0 cm³/mol. The van der Waals surface area contributed by atoms with Gasteiger partial charge in [-0.15, -0.1) is 0 Å². The number of ether oxygens (including phenoxy) is 1. The van der Waals surface area contributed by atoms with Gasteiger partial charge in [0.2, 0.25) is 0 Å². The number of aliphatic hydroxyl groups excluding tert-OH is 1. The molecule has 2 nitrogen and oxygen atoms in total. The topological polar surface area (TPSA) is 29.5 Å². The highest BCUT2D eigenvalue weighted by Crippen LogP contribution is 2.30. The number of hydrogen-bond donors (Lipinski definition) is 1. The lowest BCUT2D eigenvalue weighted by Crippen LogP contribution is -2.03. The molecular weight excluding hydrogens is 183 g/mol. The van der Waals surface area contributed by atoms with Gasteiger partial charge in [-0.1, -0.05) is 13.8 Å². The highest BCUT2D eigenvalue weighted by molar-refractivity contribution is 5.42. The maximum atomic E-state index is 13.4. The minimum Gasteiger partial charge on any atom is -0.496 e. The molecule has 0 aliphatic carbocycles. The van der Waals surface area contributed by atoms with E-state index in [0.717, 1.165) is 0 Å². The molecule has 78 valence electrons. The number of halogens is 1. The third-order valence-electron chi connectivity index (χ3n) is 2.22. The van der Waals surface area contributed by atoms with E-state index in [2.05, 4.69) is 0 Å². The first-order valence-corrected chi connectivity index (χ1v) is 4.58. The molecule has 3 heteroatoms. The van der Waals surface area contributed by atoms with Crippen molar-refractivity contribution in [2.24, 2.45) is 0 Å². The van der Waals surface area contributed by atoms with Gasteiger partial charge < -0.3 is 9.84 Å². The van der Waals surface area contributed by atoms with Gasteiger partial charge >= 0.3 is 0 Å². The fourth-order valence-electron chi connectivity index (χ4n) is 1.59. The number of hydrogen-bond acceptors (Lipinski definition) is 2. The fraction of sp³-hybridized carbons (Fsp3) is 0.455. The molecule has 1 aromatic rings. The van der Waals surface area contributed by atoms with Gasteiger partial charge in [0.1, 0.15) is 11.6 Å². The summed E-state index contributed by atoms with van der Waals surface area (Å²) in [5.41, 5.74) is 1.08. The van der Waals surface area contributed by atoms with Crippen molar-refractivity contribution in [1.82, 2.24) is 0 Å². The SMILES string of the molecule is COc1ccc(F)c(C(C)C)c1CO. The zero-order valence-electron chi connectivity index (χ0n) is 8.67. The zero-order valence-corrected chi connectivity index (χ0v) is 8.67. The molecule has 0 spiro atoms. The molecule has 0 saturated heterocycles. The Morgan fingerprint density at radius 2 is 2.07 bits per heavy atom. The van der Waals surface area contributed by atoms with Gasteiger partial charge in [-0.05, 0) is 23.6 Å². The lowest BCUT2D eigenvalue weighted by molar-refractivity contribution is 0.270. The van der Waals surface area contributed by atoms with Crippen LogP contribution in [-0.4, -0.2) is 12.2 Å². The Labute approximate surface area is 83.3 Å². The monoisotopic (exact) mass is 198 g/mol. The number of aliphatic hydroxyl groups is 1. The largest absolute Gasteiger partial charge is 0.496 e. The maximum absolute atomic E-state index is 13.4. The second-order valence-electron chi connectivity index (χ2n) is 3.45. The zero-order chi connectivity index (χ0) is 10.7. The summed E-state index contributed by atoms with van der Waals surface area (Å²) >= 11 is 0. The molecule has 0 amide bonds. The highest BCUT2D eigenvalue weighted by Gasteiger charge is 2.15. The molecule has 0 saturated carbocycles. The highest BCUT2D eigenvalue weighted by atomic mass is 19.1.